The van der Waals surface area contributed by atoms with Crippen LogP contribution in [0.4, 0.5) is 0 Å². The molecule has 0 saturated heterocycles. The Bertz CT molecular complexity index is 398. The van der Waals surface area contributed by atoms with E-state index in [1.807, 2.05) is 0 Å². The normalized spacial score (nSPS) is 11.2. The quantitative estimate of drug-likeness (QED) is 0.690. The first kappa shape index (κ1) is 11.1. The van der Waals surface area contributed by atoms with E-state index in [4.69, 9.17) is 0 Å². The van der Waals surface area contributed by atoms with Gasteiger partial charge >= 0.3 is 0 Å². The van der Waals surface area contributed by atoms with E-state index >= 15 is 0 Å². The largest absolute Gasteiger partial charge is 0.343 e. The minimum absolute atomic E-state index is 0.116. The van der Waals surface area contributed by atoms with Crippen molar-refractivity contribution in [1.29, 1.82) is 0 Å². The molecule has 0 unspecified atom stereocenters. The molecule has 8 heteroatoms. The van der Waals surface area contributed by atoms with Gasteiger partial charge in [-0.15, -0.1) is 11.3 Å². The van der Waals surface area contributed by atoms with E-state index in [1.54, 1.807) is 0 Å². The van der Waals surface area contributed by atoms with Crippen molar-refractivity contribution in [2.75, 3.05) is 6.67 Å². The standard InChI is InChI=1S/C6H9N3O3S2/c1-5(10)8-3-9-14(11,12)6-2-7-4-13-6/h2,4,9H,3H2,1H3,(H,8,10). The molecule has 0 aliphatic carbocycles. The number of amides is 1. The predicted molar refractivity (Wildman–Crippen MR) is 51.1 cm³/mol. The van der Waals surface area contributed by atoms with Crippen LogP contribution < -0.4 is 10.0 Å². The Morgan fingerprint density at radius 2 is 2.36 bits per heavy atom. The van der Waals surface area contributed by atoms with Crippen LogP contribution >= 0.6 is 11.3 Å². The molecular formula is C6H9N3O3S2. The zero-order valence-corrected chi connectivity index (χ0v) is 8.98. The minimum Gasteiger partial charge on any atom is -0.343 e. The molecule has 0 saturated carbocycles. The molecule has 1 aromatic rings. The highest BCUT2D eigenvalue weighted by Gasteiger charge is 2.14. The number of thiazole rings is 1. The van der Waals surface area contributed by atoms with Crippen LogP contribution in [-0.4, -0.2) is 26.0 Å². The van der Waals surface area contributed by atoms with Crippen molar-refractivity contribution in [3.05, 3.63) is 11.7 Å². The van der Waals surface area contributed by atoms with Crippen molar-refractivity contribution in [2.24, 2.45) is 0 Å². The molecular weight excluding hydrogens is 226 g/mol. The maximum absolute atomic E-state index is 11.4. The maximum atomic E-state index is 11.4. The summed E-state index contributed by atoms with van der Waals surface area (Å²) in [6.07, 6.45) is 1.25. The number of rotatable bonds is 4. The van der Waals surface area contributed by atoms with Gasteiger partial charge in [-0.3, -0.25) is 9.78 Å². The molecule has 6 nitrogen and oxygen atoms in total. The molecule has 1 amide bonds. The Morgan fingerprint density at radius 3 is 2.86 bits per heavy atom. The zero-order valence-electron chi connectivity index (χ0n) is 7.35. The van der Waals surface area contributed by atoms with Crippen LogP contribution in [0.3, 0.4) is 0 Å². The van der Waals surface area contributed by atoms with Gasteiger partial charge in [0.05, 0.1) is 18.4 Å². The van der Waals surface area contributed by atoms with E-state index in [2.05, 4.69) is 15.0 Å². The lowest BCUT2D eigenvalue weighted by Gasteiger charge is -2.03. The topological polar surface area (TPSA) is 88.2 Å². The van der Waals surface area contributed by atoms with Crippen LogP contribution in [0, 0.1) is 0 Å². The summed E-state index contributed by atoms with van der Waals surface area (Å²) in [4.78, 5) is 14.1. The van der Waals surface area contributed by atoms with Crippen molar-refractivity contribution in [3.63, 3.8) is 0 Å². The third-order valence-corrected chi connectivity index (χ3v) is 3.95. The van der Waals surface area contributed by atoms with Gasteiger partial charge in [-0.1, -0.05) is 0 Å². The molecule has 0 aromatic carbocycles. The Kier molecular flexibility index (Phi) is 3.55. The molecule has 2 N–H and O–H groups in total. The monoisotopic (exact) mass is 235 g/mol. The van der Waals surface area contributed by atoms with Gasteiger partial charge in [-0.2, -0.15) is 4.72 Å². The third-order valence-electron chi connectivity index (χ3n) is 1.27. The fourth-order valence-electron chi connectivity index (χ4n) is 0.664. The lowest BCUT2D eigenvalue weighted by Crippen LogP contribution is -2.35. The average Bonchev–Trinajstić information content (AvgIpc) is 2.54. The highest BCUT2D eigenvalue weighted by atomic mass is 32.2. The van der Waals surface area contributed by atoms with Crippen molar-refractivity contribution in [1.82, 2.24) is 15.0 Å². The number of nitrogens with one attached hydrogen (secondary N) is 2. The van der Waals surface area contributed by atoms with Crippen molar-refractivity contribution >= 4 is 27.3 Å². The molecule has 0 aliphatic heterocycles. The van der Waals surface area contributed by atoms with Crippen LogP contribution in [0.15, 0.2) is 15.9 Å². The first-order valence-corrected chi connectivity index (χ1v) is 6.01. The molecule has 1 aromatic heterocycles. The van der Waals surface area contributed by atoms with Gasteiger partial charge in [0.25, 0.3) is 10.0 Å². The zero-order chi connectivity index (χ0) is 10.6. The van der Waals surface area contributed by atoms with E-state index in [1.165, 1.54) is 18.6 Å². The highest BCUT2D eigenvalue weighted by molar-refractivity contribution is 7.91. The van der Waals surface area contributed by atoms with Gasteiger partial charge in [0.15, 0.2) is 4.21 Å². The van der Waals surface area contributed by atoms with Crippen LogP contribution in [0.1, 0.15) is 6.92 Å². The van der Waals surface area contributed by atoms with E-state index in [0.29, 0.717) is 0 Å². The molecule has 0 atom stereocenters. The van der Waals surface area contributed by atoms with Gasteiger partial charge in [0, 0.05) is 6.92 Å². The Labute approximate surface area is 85.4 Å². The molecule has 0 radical (unpaired) electrons. The van der Waals surface area contributed by atoms with Gasteiger partial charge < -0.3 is 5.32 Å². The van der Waals surface area contributed by atoms with Crippen LogP contribution in [0.25, 0.3) is 0 Å². The first-order chi connectivity index (χ1) is 6.52. The second kappa shape index (κ2) is 4.49. The fourth-order valence-corrected chi connectivity index (χ4v) is 2.43. The lowest BCUT2D eigenvalue weighted by atomic mass is 10.7. The van der Waals surface area contributed by atoms with Gasteiger partial charge in [0.1, 0.15) is 0 Å². The molecule has 1 heterocycles. The number of hydrogen-bond acceptors (Lipinski definition) is 5. The number of aromatic nitrogens is 1. The van der Waals surface area contributed by atoms with Crippen LogP contribution in [-0.2, 0) is 14.8 Å². The highest BCUT2D eigenvalue weighted by Crippen LogP contribution is 2.12. The molecule has 0 fully saturated rings. The Hall–Kier alpha value is -0.990. The summed E-state index contributed by atoms with van der Waals surface area (Å²) in [5.41, 5.74) is 1.42. The van der Waals surface area contributed by atoms with E-state index < -0.39 is 10.0 Å². The minimum atomic E-state index is -3.52. The summed E-state index contributed by atoms with van der Waals surface area (Å²) < 4.78 is 25.1. The molecule has 14 heavy (non-hydrogen) atoms. The Morgan fingerprint density at radius 1 is 1.64 bits per heavy atom. The van der Waals surface area contributed by atoms with Crippen molar-refractivity contribution in [2.45, 2.75) is 11.1 Å². The molecule has 0 aliphatic rings. The lowest BCUT2D eigenvalue weighted by molar-refractivity contribution is -0.118. The third kappa shape index (κ3) is 3.05. The second-order valence-electron chi connectivity index (χ2n) is 2.38. The summed E-state index contributed by atoms with van der Waals surface area (Å²) in [5, 5.41) is 2.32. The van der Waals surface area contributed by atoms with E-state index in [0.717, 1.165) is 11.3 Å². The molecule has 0 bridgehead atoms. The number of carbonyl (C=O) groups is 1. The number of carbonyl (C=O) groups excluding carboxylic acids is 1. The summed E-state index contributed by atoms with van der Waals surface area (Å²) in [7, 11) is -3.52. The summed E-state index contributed by atoms with van der Waals surface area (Å²) in [6.45, 7) is 1.19. The van der Waals surface area contributed by atoms with E-state index in [-0.39, 0.29) is 16.8 Å². The average molecular weight is 235 g/mol. The predicted octanol–water partition coefficient (Wildman–Crippen LogP) is -0.485. The molecule has 78 valence electrons. The molecule has 0 spiro atoms. The first-order valence-electron chi connectivity index (χ1n) is 3.65. The second-order valence-corrected chi connectivity index (χ2v) is 5.26. The summed E-state index contributed by atoms with van der Waals surface area (Å²) in [5.74, 6) is -0.294. The fraction of sp³-hybridized carbons (Fsp3) is 0.333. The van der Waals surface area contributed by atoms with E-state index in [9.17, 15) is 13.2 Å². The number of sulfonamides is 1. The molecule has 1 rings (SSSR count). The number of hydrogen-bond donors (Lipinski definition) is 2. The smallest absolute Gasteiger partial charge is 0.253 e. The van der Waals surface area contributed by atoms with Gasteiger partial charge in [-0.25, -0.2) is 8.42 Å². The van der Waals surface area contributed by atoms with Crippen LogP contribution in [0.5, 0.6) is 0 Å². The van der Waals surface area contributed by atoms with Crippen LogP contribution in [0.2, 0.25) is 0 Å². The SMILES string of the molecule is CC(=O)NCNS(=O)(=O)c1cncs1. The maximum Gasteiger partial charge on any atom is 0.253 e. The van der Waals surface area contributed by atoms with Gasteiger partial charge in [0.2, 0.25) is 5.91 Å². The summed E-state index contributed by atoms with van der Waals surface area (Å²) >= 11 is 1.01. The summed E-state index contributed by atoms with van der Waals surface area (Å²) in [6, 6.07) is 0. The van der Waals surface area contributed by atoms with Crippen molar-refractivity contribution in [3.8, 4) is 0 Å². The van der Waals surface area contributed by atoms with Crippen molar-refractivity contribution < 1.29 is 13.2 Å². The van der Waals surface area contributed by atoms with Gasteiger partial charge in [-0.05, 0) is 0 Å². The Balaban J connectivity index is 2.56. The number of nitrogens with zero attached hydrogens (tertiary/aromatic N) is 1.